The van der Waals surface area contributed by atoms with E-state index in [9.17, 15) is 0 Å². The number of benzene rings is 2. The highest BCUT2D eigenvalue weighted by atomic mass is 14.8. The topological polar surface area (TPSA) is 8.72 Å². The maximum Gasteiger partial charge on any atom is 0.287 e. The van der Waals surface area contributed by atoms with Crippen LogP contribution < -0.4 is 0 Å². The van der Waals surface area contributed by atoms with Gasteiger partial charge < -0.3 is 0 Å². The van der Waals surface area contributed by atoms with Gasteiger partial charge in [-0.3, -0.25) is 0 Å². The minimum Gasteiger partial charge on any atom is -0.0793 e. The molecule has 1 aliphatic heterocycles. The second-order valence-corrected chi connectivity index (χ2v) is 8.61. The average Bonchev–Trinajstić information content (AvgIpc) is 2.86. The Morgan fingerprint density at radius 1 is 0.800 bits per heavy atom. The molecule has 0 N–H and O–H groups in total. The first kappa shape index (κ1) is 22.1. The van der Waals surface area contributed by atoms with Gasteiger partial charge in [-0.25, -0.2) is 0 Å². The minimum atomic E-state index is -0.415. The van der Waals surface area contributed by atoms with Gasteiger partial charge in [-0.2, -0.15) is 0 Å². The summed E-state index contributed by atoms with van der Waals surface area (Å²) in [6.07, 6.45) is 6.22. The molecule has 30 heavy (non-hydrogen) atoms. The molecule has 0 aromatic heterocycles. The highest BCUT2D eigenvalue weighted by molar-refractivity contribution is 5.51. The molecule has 0 fully saturated rings. The van der Waals surface area contributed by atoms with Gasteiger partial charge in [-0.15, -0.1) is 0 Å². The van der Waals surface area contributed by atoms with Crippen molar-refractivity contribution >= 4 is 0 Å². The predicted octanol–water partition coefficient (Wildman–Crippen LogP) is 7.70. The van der Waals surface area contributed by atoms with E-state index in [2.05, 4.69) is 100 Å². The van der Waals surface area contributed by atoms with Crippen LogP contribution in [0.25, 0.3) is 9.69 Å². The molecule has 0 spiro atoms. The zero-order valence-electron chi connectivity index (χ0n) is 19.1. The van der Waals surface area contributed by atoms with Crippen LogP contribution in [-0.4, -0.2) is 12.1 Å². The molecule has 2 aromatic rings. The van der Waals surface area contributed by atoms with Crippen LogP contribution in [0.1, 0.15) is 77.3 Å². The second kappa shape index (κ2) is 9.95. The molecule has 0 radical (unpaired) electrons. The normalized spacial score (nSPS) is 28.1. The average molecular weight is 401 g/mol. The van der Waals surface area contributed by atoms with Crippen LogP contribution in [0.3, 0.4) is 0 Å². The lowest BCUT2D eigenvalue weighted by Crippen LogP contribution is -2.47. The van der Waals surface area contributed by atoms with E-state index in [4.69, 9.17) is 9.69 Å². The molecule has 2 aromatic carbocycles. The van der Waals surface area contributed by atoms with E-state index in [0.717, 1.165) is 25.7 Å². The van der Waals surface area contributed by atoms with Gasteiger partial charge in [0.25, 0.3) is 24.2 Å². The highest BCUT2D eigenvalue weighted by Gasteiger charge is 2.59. The molecule has 4 atom stereocenters. The molecular formula is C28H36N2+2. The molecule has 1 heterocycles. The summed E-state index contributed by atoms with van der Waals surface area (Å²) in [5.74, 6) is 0. The van der Waals surface area contributed by atoms with Crippen molar-refractivity contribution in [3.8, 4) is 12.1 Å². The Bertz CT molecular complexity index is 929. The van der Waals surface area contributed by atoms with Gasteiger partial charge in [-0.05, 0) is 30.4 Å². The predicted molar refractivity (Wildman–Crippen MR) is 129 cm³/mol. The number of hydrogen-bond acceptors (Lipinski definition) is 0. The van der Waals surface area contributed by atoms with E-state index < -0.39 is 10.8 Å². The zero-order valence-corrected chi connectivity index (χ0v) is 19.1. The fraction of sp³-hybridized carbons (Fsp3) is 0.500. The van der Waals surface area contributed by atoms with Gasteiger partial charge in [0.15, 0.2) is 10.8 Å². The number of hydrogen-bond donors (Lipinski definition) is 0. The quantitative estimate of drug-likeness (QED) is 0.450. The third kappa shape index (κ3) is 4.15. The Kier molecular flexibility index (Phi) is 7.33. The molecule has 2 heteroatoms. The van der Waals surface area contributed by atoms with Crippen LogP contribution in [0.2, 0.25) is 0 Å². The molecule has 156 valence electrons. The molecule has 0 saturated carbocycles. The van der Waals surface area contributed by atoms with Crippen LogP contribution in [-0.2, 0) is 10.8 Å². The minimum absolute atomic E-state index is 0.204. The van der Waals surface area contributed by atoms with Crippen molar-refractivity contribution in [3.05, 3.63) is 81.5 Å². The Labute approximate surface area is 183 Å². The SMILES string of the molecule is CCCCC1CC(C)[N+]#CC(CC)(c2ccccc2)C(CC)(c2ccccc2)C#[N+]1. The van der Waals surface area contributed by atoms with Gasteiger partial charge in [0.1, 0.15) is 6.42 Å². The number of unbranched alkanes of at least 4 members (excludes halogenated alkanes) is 1. The Morgan fingerprint density at radius 3 is 1.77 bits per heavy atom. The first-order valence-corrected chi connectivity index (χ1v) is 11.7. The van der Waals surface area contributed by atoms with Gasteiger partial charge in [0.2, 0.25) is 0 Å². The van der Waals surface area contributed by atoms with Crippen LogP contribution in [0.5, 0.6) is 0 Å². The summed E-state index contributed by atoms with van der Waals surface area (Å²) >= 11 is 0. The van der Waals surface area contributed by atoms with Crippen molar-refractivity contribution in [2.45, 2.75) is 89.1 Å². The summed E-state index contributed by atoms with van der Waals surface area (Å²) in [4.78, 5) is 10.2. The molecule has 4 unspecified atom stereocenters. The third-order valence-electron chi connectivity index (χ3n) is 6.74. The van der Waals surface area contributed by atoms with Crippen molar-refractivity contribution in [2.24, 2.45) is 0 Å². The summed E-state index contributed by atoms with van der Waals surface area (Å²) in [6.45, 7) is 8.96. The molecule has 3 rings (SSSR count). The molecule has 0 aliphatic carbocycles. The van der Waals surface area contributed by atoms with Crippen LogP contribution in [0.15, 0.2) is 60.7 Å². The Balaban J connectivity index is 2.32. The number of rotatable bonds is 7. The van der Waals surface area contributed by atoms with Gasteiger partial charge in [0.05, 0.1) is 0 Å². The monoisotopic (exact) mass is 400 g/mol. The van der Waals surface area contributed by atoms with E-state index in [1.54, 1.807) is 0 Å². The third-order valence-corrected chi connectivity index (χ3v) is 6.74. The summed E-state index contributed by atoms with van der Waals surface area (Å²) in [7, 11) is 0. The van der Waals surface area contributed by atoms with E-state index in [-0.39, 0.29) is 12.1 Å². The standard InChI is InChI=1S/C28H36N2/c1-5-8-19-26-20-23(4)29-21-27(6-2,24-15-11-9-12-16-24)28(7-3,22-30-26)25-17-13-10-14-18-25/h9-18,23,26H,5-8,19-20H2,1-4H3/q+2. The fourth-order valence-corrected chi connectivity index (χ4v) is 4.97. The van der Waals surface area contributed by atoms with Crippen molar-refractivity contribution < 1.29 is 0 Å². The number of nitrogens with zero attached hydrogens (tertiary/aromatic N) is 2. The molecular weight excluding hydrogens is 364 g/mol. The van der Waals surface area contributed by atoms with Crippen LogP contribution >= 0.6 is 0 Å². The van der Waals surface area contributed by atoms with Gasteiger partial charge >= 0.3 is 0 Å². The summed E-state index contributed by atoms with van der Waals surface area (Å²) in [6, 6.07) is 29.5. The molecule has 1 aliphatic rings. The summed E-state index contributed by atoms with van der Waals surface area (Å²) < 4.78 is 0. The molecule has 0 bridgehead atoms. The van der Waals surface area contributed by atoms with Gasteiger partial charge in [0, 0.05) is 13.3 Å². The van der Waals surface area contributed by atoms with Gasteiger partial charge in [-0.1, -0.05) is 97.5 Å². The lowest BCUT2D eigenvalue weighted by atomic mass is 9.56. The van der Waals surface area contributed by atoms with Crippen LogP contribution in [0.4, 0.5) is 0 Å². The van der Waals surface area contributed by atoms with Crippen molar-refractivity contribution in [2.75, 3.05) is 0 Å². The van der Waals surface area contributed by atoms with E-state index in [0.29, 0.717) is 0 Å². The first-order valence-electron chi connectivity index (χ1n) is 11.7. The van der Waals surface area contributed by atoms with E-state index in [1.807, 2.05) is 0 Å². The van der Waals surface area contributed by atoms with Crippen molar-refractivity contribution in [3.63, 3.8) is 0 Å². The van der Waals surface area contributed by atoms with E-state index in [1.165, 1.54) is 24.0 Å². The smallest absolute Gasteiger partial charge is 0.0793 e. The summed E-state index contributed by atoms with van der Waals surface area (Å²) in [5.41, 5.74) is 1.65. The molecule has 2 nitrogen and oxygen atoms in total. The van der Waals surface area contributed by atoms with Crippen LogP contribution in [0, 0.1) is 12.1 Å². The largest absolute Gasteiger partial charge is 0.287 e. The summed E-state index contributed by atoms with van der Waals surface area (Å²) in [5, 5.41) is 0. The molecule has 0 amide bonds. The zero-order chi connectivity index (χ0) is 21.5. The van der Waals surface area contributed by atoms with E-state index >= 15 is 0 Å². The van der Waals surface area contributed by atoms with Crippen molar-refractivity contribution in [1.29, 1.82) is 0 Å². The maximum absolute atomic E-state index is 5.15. The fourth-order valence-electron chi connectivity index (χ4n) is 4.97. The van der Waals surface area contributed by atoms with Crippen molar-refractivity contribution in [1.82, 2.24) is 0 Å². The second-order valence-electron chi connectivity index (χ2n) is 8.61. The lowest BCUT2D eigenvalue weighted by molar-refractivity contribution is 0.331. The molecule has 0 saturated heterocycles. The maximum atomic E-state index is 5.15. The highest BCUT2D eigenvalue weighted by Crippen LogP contribution is 2.49. The Morgan fingerprint density at radius 2 is 1.30 bits per heavy atom. The Hall–Kier alpha value is -2.58. The first-order chi connectivity index (χ1) is 14.6. The lowest BCUT2D eigenvalue weighted by Gasteiger charge is -2.37.